The Morgan fingerprint density at radius 1 is 1.67 bits per heavy atom. The first kappa shape index (κ1) is 8.07. The Morgan fingerprint density at radius 2 is 2.42 bits per heavy atom. The van der Waals surface area contributed by atoms with E-state index in [2.05, 4.69) is 5.32 Å². The number of hydrogen-bond acceptors (Lipinski definition) is 3. The first-order valence-electron chi connectivity index (χ1n) is 4.05. The van der Waals surface area contributed by atoms with Crippen molar-refractivity contribution >= 4 is 13.8 Å². The molecular weight excluding hydrogens is 157 g/mol. The lowest BCUT2D eigenvalue weighted by atomic mass is 9.91. The Bertz CT molecular complexity index is 211. The van der Waals surface area contributed by atoms with Gasteiger partial charge in [0.05, 0.1) is 18.6 Å². The van der Waals surface area contributed by atoms with Gasteiger partial charge < -0.3 is 15.2 Å². The summed E-state index contributed by atoms with van der Waals surface area (Å²) in [6.07, 6.45) is -0.295. The molecule has 12 heavy (non-hydrogen) atoms. The lowest BCUT2D eigenvalue weighted by molar-refractivity contribution is -0.131. The summed E-state index contributed by atoms with van der Waals surface area (Å²) in [6.45, 7) is 0. The number of amides is 1. The summed E-state index contributed by atoms with van der Waals surface area (Å²) in [5, 5.41) is 12.2. The molecule has 0 aromatic heterocycles. The van der Waals surface area contributed by atoms with Gasteiger partial charge in [-0.05, 0) is 6.42 Å². The van der Waals surface area contributed by atoms with E-state index in [1.54, 1.807) is 0 Å². The number of carbonyl (C=O) groups is 1. The zero-order valence-corrected chi connectivity index (χ0v) is 6.56. The van der Waals surface area contributed by atoms with Gasteiger partial charge in [-0.1, -0.05) is 0 Å². The third-order valence-corrected chi connectivity index (χ3v) is 2.33. The van der Waals surface area contributed by atoms with Gasteiger partial charge in [-0.25, -0.2) is 0 Å². The van der Waals surface area contributed by atoms with Gasteiger partial charge in [0.2, 0.25) is 5.91 Å². The molecule has 2 radical (unpaired) electrons. The van der Waals surface area contributed by atoms with Gasteiger partial charge in [0.1, 0.15) is 14.0 Å². The lowest BCUT2D eigenvalue weighted by Crippen LogP contribution is -2.52. The van der Waals surface area contributed by atoms with Crippen molar-refractivity contribution in [3.63, 3.8) is 0 Å². The number of fused-ring (bicyclic) bond motifs is 1. The van der Waals surface area contributed by atoms with Crippen molar-refractivity contribution in [1.82, 2.24) is 5.32 Å². The van der Waals surface area contributed by atoms with Crippen LogP contribution in [0.15, 0.2) is 0 Å². The minimum atomic E-state index is -0.697. The van der Waals surface area contributed by atoms with Crippen molar-refractivity contribution in [2.45, 2.75) is 37.1 Å². The molecule has 0 bridgehead atoms. The molecule has 2 rings (SSSR count). The molecule has 2 N–H and O–H groups in total. The van der Waals surface area contributed by atoms with Gasteiger partial charge >= 0.3 is 0 Å². The third kappa shape index (κ3) is 1.23. The summed E-state index contributed by atoms with van der Waals surface area (Å²) in [4.78, 5) is 11.0. The topological polar surface area (TPSA) is 58.6 Å². The number of hydrogen-bond donors (Lipinski definition) is 2. The van der Waals surface area contributed by atoms with Gasteiger partial charge in [-0.15, -0.1) is 0 Å². The van der Waals surface area contributed by atoms with Crippen LogP contribution < -0.4 is 5.32 Å². The number of nitrogens with one attached hydrogen (secondary N) is 1. The van der Waals surface area contributed by atoms with E-state index in [4.69, 9.17) is 12.6 Å². The van der Waals surface area contributed by atoms with E-state index in [1.807, 2.05) is 0 Å². The quantitative estimate of drug-likeness (QED) is 0.432. The summed E-state index contributed by atoms with van der Waals surface area (Å²) >= 11 is 0. The van der Waals surface area contributed by atoms with E-state index in [-0.39, 0.29) is 30.5 Å². The fraction of sp³-hybridized carbons (Fsp3) is 0.857. The first-order chi connectivity index (χ1) is 5.66. The number of aliphatic hydroxyl groups is 1. The van der Waals surface area contributed by atoms with E-state index < -0.39 is 6.10 Å². The number of carbonyl (C=O) groups excluding carboxylic acids is 1. The highest BCUT2D eigenvalue weighted by Crippen LogP contribution is 2.25. The highest BCUT2D eigenvalue weighted by atomic mass is 16.5. The van der Waals surface area contributed by atoms with Gasteiger partial charge in [-0.2, -0.15) is 0 Å². The molecule has 5 heteroatoms. The number of aliphatic hydroxyl groups excluding tert-OH is 1. The maximum Gasteiger partial charge on any atom is 0.223 e. The summed E-state index contributed by atoms with van der Waals surface area (Å²) in [5.41, 5.74) is 0. The van der Waals surface area contributed by atoms with E-state index >= 15 is 0 Å². The van der Waals surface area contributed by atoms with Crippen molar-refractivity contribution < 1.29 is 14.6 Å². The zero-order valence-electron chi connectivity index (χ0n) is 6.56. The van der Waals surface area contributed by atoms with Crippen LogP contribution in [0, 0.1) is 0 Å². The fourth-order valence-corrected chi connectivity index (χ4v) is 1.81. The van der Waals surface area contributed by atoms with Crippen molar-refractivity contribution in [2.24, 2.45) is 0 Å². The van der Waals surface area contributed by atoms with Crippen LogP contribution in [-0.2, 0) is 9.53 Å². The fourth-order valence-electron chi connectivity index (χ4n) is 1.81. The van der Waals surface area contributed by atoms with E-state index in [1.165, 1.54) is 0 Å². The number of rotatable bonds is 0. The molecule has 4 atom stereocenters. The van der Waals surface area contributed by atoms with Gasteiger partial charge in [0.25, 0.3) is 0 Å². The monoisotopic (exact) mass is 167 g/mol. The van der Waals surface area contributed by atoms with Crippen LogP contribution in [0.2, 0.25) is 0 Å². The Hall–Kier alpha value is -0.545. The standard InChI is InChI=1S/C7H10BNO3/c8-5-1-3-7(12-5)4(10)2-6(11)9-3/h3-5,7,10H,1-2H2,(H,9,11)/t3-,4+,5+,7-/m0/s1. The normalized spacial score (nSPS) is 46.9. The predicted octanol–water partition coefficient (Wildman–Crippen LogP) is -1.48. The third-order valence-electron chi connectivity index (χ3n) is 2.33. The maximum atomic E-state index is 11.0. The molecule has 2 aliphatic rings. The number of piperidine rings is 1. The average molecular weight is 167 g/mol. The van der Waals surface area contributed by atoms with Gasteiger partial charge in [-0.3, -0.25) is 4.79 Å². The lowest BCUT2D eigenvalue weighted by Gasteiger charge is -2.29. The number of ether oxygens (including phenoxy) is 1. The molecule has 0 unspecified atom stereocenters. The van der Waals surface area contributed by atoms with Gasteiger partial charge in [0.15, 0.2) is 0 Å². The molecule has 0 aromatic rings. The van der Waals surface area contributed by atoms with Crippen LogP contribution >= 0.6 is 0 Å². The molecule has 2 saturated heterocycles. The SMILES string of the molecule is [B][C@H]1C[C@@H]2NC(=O)C[C@@H](O)[C@H]2O1. The summed E-state index contributed by atoms with van der Waals surface area (Å²) in [7, 11) is 5.52. The minimum absolute atomic E-state index is 0.101. The second-order valence-electron chi connectivity index (χ2n) is 3.32. The Morgan fingerprint density at radius 3 is 3.17 bits per heavy atom. The zero-order chi connectivity index (χ0) is 8.72. The molecule has 2 aliphatic heterocycles. The second-order valence-corrected chi connectivity index (χ2v) is 3.32. The molecule has 0 saturated carbocycles. The molecule has 0 aromatic carbocycles. The van der Waals surface area contributed by atoms with Crippen LogP contribution in [-0.4, -0.2) is 43.1 Å². The molecule has 0 aliphatic carbocycles. The maximum absolute atomic E-state index is 11.0. The van der Waals surface area contributed by atoms with E-state index in [0.29, 0.717) is 6.42 Å². The Balaban J connectivity index is 2.10. The summed E-state index contributed by atoms with van der Waals surface area (Å²) in [6, 6.07) is -0.454. The van der Waals surface area contributed by atoms with Gasteiger partial charge in [0, 0.05) is 6.00 Å². The molecule has 0 spiro atoms. The summed E-state index contributed by atoms with van der Waals surface area (Å²) < 4.78 is 5.24. The molecule has 2 fully saturated rings. The van der Waals surface area contributed by atoms with Crippen LogP contribution in [0.25, 0.3) is 0 Å². The average Bonchev–Trinajstić information content (AvgIpc) is 2.29. The first-order valence-corrected chi connectivity index (χ1v) is 4.05. The molecule has 2 heterocycles. The predicted molar refractivity (Wildman–Crippen MR) is 41.6 cm³/mol. The van der Waals surface area contributed by atoms with E-state index in [0.717, 1.165) is 0 Å². The van der Waals surface area contributed by atoms with Crippen molar-refractivity contribution in [3.8, 4) is 0 Å². The van der Waals surface area contributed by atoms with Crippen LogP contribution in [0.1, 0.15) is 12.8 Å². The van der Waals surface area contributed by atoms with Crippen LogP contribution in [0.4, 0.5) is 0 Å². The second kappa shape index (κ2) is 2.74. The van der Waals surface area contributed by atoms with Crippen LogP contribution in [0.3, 0.4) is 0 Å². The van der Waals surface area contributed by atoms with Crippen LogP contribution in [0.5, 0.6) is 0 Å². The minimum Gasteiger partial charge on any atom is -0.390 e. The molecule has 4 nitrogen and oxygen atoms in total. The Kier molecular flexibility index (Phi) is 1.85. The Labute approximate surface area is 71.7 Å². The highest BCUT2D eigenvalue weighted by Gasteiger charge is 2.42. The highest BCUT2D eigenvalue weighted by molar-refractivity contribution is 6.11. The largest absolute Gasteiger partial charge is 0.390 e. The molecule has 1 amide bonds. The molecular formula is C7H10BNO3. The van der Waals surface area contributed by atoms with Crippen molar-refractivity contribution in [1.29, 1.82) is 0 Å². The van der Waals surface area contributed by atoms with E-state index in [9.17, 15) is 9.90 Å². The summed E-state index contributed by atoms with van der Waals surface area (Å²) in [5.74, 6) is -0.124. The van der Waals surface area contributed by atoms with Crippen molar-refractivity contribution in [3.05, 3.63) is 0 Å². The molecule has 64 valence electrons. The van der Waals surface area contributed by atoms with Crippen molar-refractivity contribution in [2.75, 3.05) is 0 Å². The smallest absolute Gasteiger partial charge is 0.223 e.